The molecule has 1 amide bonds. The molecule has 0 aromatic carbocycles. The number of hydrogen-bond donors (Lipinski definition) is 2. The van der Waals surface area contributed by atoms with Crippen molar-refractivity contribution in [3.8, 4) is 0 Å². The zero-order valence-electron chi connectivity index (χ0n) is 14.0. The average molecular weight is 294 g/mol. The Balaban J connectivity index is 1.65. The van der Waals surface area contributed by atoms with Crippen molar-refractivity contribution >= 4 is 5.91 Å². The predicted molar refractivity (Wildman–Crippen MR) is 88.2 cm³/mol. The summed E-state index contributed by atoms with van der Waals surface area (Å²) in [5.41, 5.74) is 0. The first kappa shape index (κ1) is 16.8. The lowest BCUT2D eigenvalue weighted by atomic mass is 9.79. The summed E-state index contributed by atoms with van der Waals surface area (Å²) in [7, 11) is 0. The van der Waals surface area contributed by atoms with Crippen LogP contribution in [-0.4, -0.2) is 25.0 Å². The molecular formula is C18H34N2O. The minimum absolute atomic E-state index is 0.279. The Hall–Kier alpha value is -0.570. The van der Waals surface area contributed by atoms with E-state index in [1.807, 2.05) is 0 Å². The van der Waals surface area contributed by atoms with Gasteiger partial charge in [0.05, 0.1) is 0 Å². The van der Waals surface area contributed by atoms with E-state index in [9.17, 15) is 4.79 Å². The normalized spacial score (nSPS) is 33.6. The molecule has 0 radical (unpaired) electrons. The van der Waals surface area contributed by atoms with Crippen LogP contribution in [0.15, 0.2) is 0 Å². The van der Waals surface area contributed by atoms with Crippen molar-refractivity contribution in [2.24, 2.45) is 17.8 Å². The molecule has 1 aliphatic heterocycles. The molecule has 2 unspecified atom stereocenters. The molecule has 2 rings (SSSR count). The van der Waals surface area contributed by atoms with E-state index >= 15 is 0 Å². The molecule has 1 saturated carbocycles. The van der Waals surface area contributed by atoms with Gasteiger partial charge in [-0.2, -0.15) is 0 Å². The summed E-state index contributed by atoms with van der Waals surface area (Å²) in [6.07, 6.45) is 11.3. The molecule has 122 valence electrons. The molecule has 3 heteroatoms. The Bertz CT molecular complexity index is 310. The molecule has 0 aromatic heterocycles. The summed E-state index contributed by atoms with van der Waals surface area (Å²) < 4.78 is 0. The van der Waals surface area contributed by atoms with Crippen molar-refractivity contribution < 1.29 is 4.79 Å². The molecule has 2 N–H and O–H groups in total. The maximum atomic E-state index is 12.3. The third kappa shape index (κ3) is 5.28. The van der Waals surface area contributed by atoms with E-state index in [2.05, 4.69) is 24.5 Å². The van der Waals surface area contributed by atoms with Crippen LogP contribution in [0.2, 0.25) is 0 Å². The van der Waals surface area contributed by atoms with Gasteiger partial charge in [0.15, 0.2) is 0 Å². The molecule has 21 heavy (non-hydrogen) atoms. The van der Waals surface area contributed by atoms with Crippen LogP contribution in [0.3, 0.4) is 0 Å². The molecule has 2 atom stereocenters. The SMILES string of the molecule is CCCCC1CCC(C(=O)NCC2NCCCC2C)CC1. The van der Waals surface area contributed by atoms with Crippen molar-refractivity contribution in [3.05, 3.63) is 0 Å². The molecule has 1 heterocycles. The van der Waals surface area contributed by atoms with Crippen LogP contribution in [-0.2, 0) is 4.79 Å². The van der Waals surface area contributed by atoms with Gasteiger partial charge in [0.1, 0.15) is 0 Å². The average Bonchev–Trinajstić information content (AvgIpc) is 2.52. The highest BCUT2D eigenvalue weighted by molar-refractivity contribution is 5.78. The van der Waals surface area contributed by atoms with Gasteiger partial charge < -0.3 is 10.6 Å². The number of nitrogens with one attached hydrogen (secondary N) is 2. The van der Waals surface area contributed by atoms with E-state index in [1.165, 1.54) is 44.9 Å². The van der Waals surface area contributed by atoms with E-state index in [0.29, 0.717) is 17.9 Å². The zero-order valence-corrected chi connectivity index (χ0v) is 14.0. The van der Waals surface area contributed by atoms with Crippen molar-refractivity contribution in [2.75, 3.05) is 13.1 Å². The summed E-state index contributed by atoms with van der Waals surface area (Å²) in [5, 5.41) is 6.75. The Labute approximate surface area is 130 Å². The van der Waals surface area contributed by atoms with Gasteiger partial charge in [0.25, 0.3) is 0 Å². The first-order chi connectivity index (χ1) is 10.2. The van der Waals surface area contributed by atoms with E-state index in [1.54, 1.807) is 0 Å². The smallest absolute Gasteiger partial charge is 0.223 e. The Kier molecular flexibility index (Phi) is 7.01. The van der Waals surface area contributed by atoms with E-state index < -0.39 is 0 Å². The molecular weight excluding hydrogens is 260 g/mol. The van der Waals surface area contributed by atoms with Gasteiger partial charge in [-0.3, -0.25) is 4.79 Å². The van der Waals surface area contributed by atoms with Gasteiger partial charge in [-0.1, -0.05) is 33.1 Å². The molecule has 0 aromatic rings. The lowest BCUT2D eigenvalue weighted by Gasteiger charge is -2.32. The fourth-order valence-corrected chi connectivity index (χ4v) is 3.95. The number of amides is 1. The molecule has 0 spiro atoms. The molecule has 1 aliphatic carbocycles. The van der Waals surface area contributed by atoms with Gasteiger partial charge >= 0.3 is 0 Å². The third-order valence-corrected chi connectivity index (χ3v) is 5.61. The highest BCUT2D eigenvalue weighted by Gasteiger charge is 2.27. The predicted octanol–water partition coefficient (Wildman–Crippen LogP) is 3.49. The minimum atomic E-state index is 0.279. The highest BCUT2D eigenvalue weighted by atomic mass is 16.1. The van der Waals surface area contributed by atoms with Gasteiger partial charge in [-0.15, -0.1) is 0 Å². The molecule has 2 fully saturated rings. The fraction of sp³-hybridized carbons (Fsp3) is 0.944. The Morgan fingerprint density at radius 3 is 2.62 bits per heavy atom. The van der Waals surface area contributed by atoms with Crippen molar-refractivity contribution in [3.63, 3.8) is 0 Å². The zero-order chi connectivity index (χ0) is 15.1. The number of carbonyl (C=O) groups excluding carboxylic acids is 1. The lowest BCUT2D eigenvalue weighted by molar-refractivity contribution is -0.126. The second-order valence-corrected chi connectivity index (χ2v) is 7.29. The Morgan fingerprint density at radius 2 is 1.95 bits per heavy atom. The standard InChI is InChI=1S/C18H34N2O/c1-3-4-7-15-8-10-16(11-9-15)18(21)20-13-17-14(2)6-5-12-19-17/h14-17,19H,3-13H2,1-2H3,(H,20,21). The second-order valence-electron chi connectivity index (χ2n) is 7.29. The maximum absolute atomic E-state index is 12.3. The van der Waals surface area contributed by atoms with Crippen LogP contribution in [0, 0.1) is 17.8 Å². The van der Waals surface area contributed by atoms with Crippen LogP contribution in [0.5, 0.6) is 0 Å². The molecule has 3 nitrogen and oxygen atoms in total. The van der Waals surface area contributed by atoms with Gasteiger partial charge in [0, 0.05) is 18.5 Å². The van der Waals surface area contributed by atoms with Crippen molar-refractivity contribution in [2.45, 2.75) is 77.7 Å². The van der Waals surface area contributed by atoms with Crippen LogP contribution in [0.25, 0.3) is 0 Å². The first-order valence-corrected chi connectivity index (χ1v) is 9.21. The summed E-state index contributed by atoms with van der Waals surface area (Å²) >= 11 is 0. The van der Waals surface area contributed by atoms with Crippen LogP contribution in [0.4, 0.5) is 0 Å². The van der Waals surface area contributed by atoms with E-state index in [4.69, 9.17) is 0 Å². The van der Waals surface area contributed by atoms with Gasteiger partial charge in [-0.05, 0) is 56.9 Å². The lowest BCUT2D eigenvalue weighted by Crippen LogP contribution is -2.49. The van der Waals surface area contributed by atoms with Crippen LogP contribution in [0.1, 0.15) is 71.6 Å². The quantitative estimate of drug-likeness (QED) is 0.787. The highest BCUT2D eigenvalue weighted by Crippen LogP contribution is 2.32. The van der Waals surface area contributed by atoms with Gasteiger partial charge in [0.2, 0.25) is 5.91 Å². The number of rotatable bonds is 6. The molecule has 0 bridgehead atoms. The van der Waals surface area contributed by atoms with Crippen molar-refractivity contribution in [1.82, 2.24) is 10.6 Å². The fourth-order valence-electron chi connectivity index (χ4n) is 3.95. The molecule has 1 saturated heterocycles. The number of hydrogen-bond acceptors (Lipinski definition) is 2. The van der Waals surface area contributed by atoms with Crippen LogP contribution >= 0.6 is 0 Å². The van der Waals surface area contributed by atoms with Crippen molar-refractivity contribution in [1.29, 1.82) is 0 Å². The summed E-state index contributed by atoms with van der Waals surface area (Å²) in [4.78, 5) is 12.3. The van der Waals surface area contributed by atoms with E-state index in [0.717, 1.165) is 31.8 Å². The van der Waals surface area contributed by atoms with E-state index in [-0.39, 0.29) is 5.92 Å². The topological polar surface area (TPSA) is 41.1 Å². The monoisotopic (exact) mass is 294 g/mol. The summed E-state index contributed by atoms with van der Waals surface area (Å²) in [6, 6.07) is 0.476. The second kappa shape index (κ2) is 8.77. The number of unbranched alkanes of at least 4 members (excludes halogenated alkanes) is 1. The minimum Gasteiger partial charge on any atom is -0.354 e. The maximum Gasteiger partial charge on any atom is 0.223 e. The van der Waals surface area contributed by atoms with Crippen LogP contribution < -0.4 is 10.6 Å². The number of piperidine rings is 1. The number of carbonyl (C=O) groups is 1. The summed E-state index contributed by atoms with van der Waals surface area (Å²) in [6.45, 7) is 6.48. The first-order valence-electron chi connectivity index (χ1n) is 9.21. The Morgan fingerprint density at radius 1 is 1.19 bits per heavy atom. The summed E-state index contributed by atoms with van der Waals surface area (Å²) in [5.74, 6) is 2.16. The van der Waals surface area contributed by atoms with Gasteiger partial charge in [-0.25, -0.2) is 0 Å². The molecule has 2 aliphatic rings. The third-order valence-electron chi connectivity index (χ3n) is 5.61. The largest absolute Gasteiger partial charge is 0.354 e.